The lowest BCUT2D eigenvalue weighted by Gasteiger charge is -1.89. The zero-order valence-electron chi connectivity index (χ0n) is 34.0. The minimum atomic E-state index is -0.211. The Morgan fingerprint density at radius 2 is 0.227 bits per heavy atom. The highest BCUT2D eigenvalue weighted by molar-refractivity contribution is 5.65. The van der Waals surface area contributed by atoms with Crippen LogP contribution in [-0.4, -0.2) is 341 Å². The van der Waals surface area contributed by atoms with Crippen LogP contribution < -0.4 is 0 Å². The summed E-state index contributed by atoms with van der Waals surface area (Å²) in [5.41, 5.74) is 0. The third-order valence-corrected chi connectivity index (χ3v) is 0.348. The van der Waals surface area contributed by atoms with Crippen LogP contribution in [0.2, 0.25) is 0 Å². The van der Waals surface area contributed by atoms with Crippen LogP contribution in [0.1, 0.15) is 13.8 Å². The number of carbonyl (C=O) groups is 1. The summed E-state index contributed by atoms with van der Waals surface area (Å²) in [6.07, 6.45) is 0. The van der Waals surface area contributed by atoms with E-state index in [-0.39, 0.29) is 335 Å². The maximum Gasteiger partial charge on any atom is 0.302 e. The van der Waals surface area contributed by atoms with E-state index in [1.54, 1.807) is 6.92 Å². The molecule has 0 fully saturated rings. The summed E-state index contributed by atoms with van der Waals surface area (Å²) in [5.74, 6) is -0.211. The zero-order valence-corrected chi connectivity index (χ0v) is 34.0. The van der Waals surface area contributed by atoms with Crippen LogP contribution in [0.25, 0.3) is 0 Å². The Kier molecular flexibility index (Phi) is 46400000. The Labute approximate surface area is 366 Å². The van der Waals surface area contributed by atoms with Gasteiger partial charge in [0, 0.05) is 6.92 Å². The Morgan fingerprint density at radius 3 is 0.227 bits per heavy atom. The SMILES string of the molecule is CCOC(C)=O.O.O.O.O.O.O.O.O.O.O.O.O.O.O.O.O.O.O.O.O.O.O.O.O.O.O.O.O.O.O.O.O.O.O.O.O.O.O.O.O.O.O.O.O.O.O.O.O.O.O.O.O.O.O.O.O.O.O.O.O. The summed E-state index contributed by atoms with van der Waals surface area (Å²) in [6, 6.07) is 0. The van der Waals surface area contributed by atoms with Gasteiger partial charge in [-0.3, -0.25) is 4.79 Å². The predicted molar refractivity (Wildman–Crippen MR) is 239 cm³/mol. The molecule has 0 radical (unpaired) electrons. The summed E-state index contributed by atoms with van der Waals surface area (Å²) in [5, 5.41) is 0. The number of hydrogen-bond donors (Lipinski definition) is 0. The molecule has 516 valence electrons. The van der Waals surface area contributed by atoms with E-state index in [4.69, 9.17) is 0 Å². The molecule has 0 saturated carbocycles. The average Bonchev–Trinajstić information content (AvgIpc) is 1.35. The van der Waals surface area contributed by atoms with Crippen LogP contribution in [-0.2, 0) is 9.53 Å². The second-order valence-corrected chi connectivity index (χ2v) is 0.925. The molecule has 0 aromatic carbocycles. The molecule has 66 heavy (non-hydrogen) atoms. The average molecular weight is 1170 g/mol. The Balaban J connectivity index is -0.0000000000706. The Morgan fingerprint density at radius 1 is 0.182 bits per heavy atom. The molecule has 62 nitrogen and oxygen atoms in total. The molecule has 0 aromatic rings. The van der Waals surface area contributed by atoms with E-state index in [1.807, 2.05) is 0 Å². The minimum Gasteiger partial charge on any atom is -0.466 e. The van der Waals surface area contributed by atoms with Crippen LogP contribution in [0.3, 0.4) is 0 Å². The highest BCUT2D eigenvalue weighted by atomic mass is 16.5. The summed E-state index contributed by atoms with van der Waals surface area (Å²) < 4.78 is 4.40. The highest BCUT2D eigenvalue weighted by Crippen LogP contribution is 1.69. The first-order valence-corrected chi connectivity index (χ1v) is 1.90. The van der Waals surface area contributed by atoms with Crippen molar-refractivity contribution in [1.29, 1.82) is 0 Å². The van der Waals surface area contributed by atoms with Crippen molar-refractivity contribution < 1.29 is 338 Å². The van der Waals surface area contributed by atoms with E-state index in [9.17, 15) is 4.79 Å². The molecule has 0 saturated heterocycles. The number of ether oxygens (including phenoxy) is 1. The molecule has 0 aromatic heterocycles. The second kappa shape index (κ2) is 54000. The molecule has 62 heteroatoms. The van der Waals surface area contributed by atoms with E-state index >= 15 is 0 Å². The fourth-order valence-corrected chi connectivity index (χ4v) is 0.203. The quantitative estimate of drug-likeness (QED) is 0.231. The lowest BCUT2D eigenvalue weighted by Crippen LogP contribution is -1.95. The van der Waals surface area contributed by atoms with E-state index in [0.717, 1.165) is 0 Å². The molecule has 0 amide bonds. The molecular formula is C4H128O62. The van der Waals surface area contributed by atoms with E-state index < -0.39 is 0 Å². The fraction of sp³-hybridized carbons (Fsp3) is 0.750. The van der Waals surface area contributed by atoms with Crippen LogP contribution in [0.5, 0.6) is 0 Å². The number of hydrogen-bond acceptors (Lipinski definition) is 2. The van der Waals surface area contributed by atoms with Gasteiger partial charge in [-0.1, -0.05) is 0 Å². The lowest BCUT2D eigenvalue weighted by molar-refractivity contribution is -0.140. The topological polar surface area (TPSA) is 1920 Å². The molecule has 0 aliphatic rings. The number of rotatable bonds is 1. The van der Waals surface area contributed by atoms with E-state index in [2.05, 4.69) is 4.74 Å². The molecule has 0 rings (SSSR count). The van der Waals surface area contributed by atoms with Gasteiger partial charge in [0.2, 0.25) is 0 Å². The van der Waals surface area contributed by atoms with Crippen molar-refractivity contribution in [3.8, 4) is 0 Å². The molecule has 120 N–H and O–H groups in total. The lowest BCUT2D eigenvalue weighted by atomic mass is 10.8. The molecule has 0 aliphatic heterocycles. The van der Waals surface area contributed by atoms with Gasteiger partial charge in [-0.05, 0) is 6.92 Å². The maximum absolute atomic E-state index is 9.82. The van der Waals surface area contributed by atoms with Crippen molar-refractivity contribution in [2.75, 3.05) is 6.61 Å². The Hall–Kier alpha value is -2.93. The maximum atomic E-state index is 9.82. The minimum absolute atomic E-state index is 0. The van der Waals surface area contributed by atoms with Gasteiger partial charge < -0.3 is 333 Å². The van der Waals surface area contributed by atoms with Crippen molar-refractivity contribution in [3.05, 3.63) is 0 Å². The molecule has 0 bridgehead atoms. The molecule has 0 atom stereocenters. The first-order valence-electron chi connectivity index (χ1n) is 1.90. The van der Waals surface area contributed by atoms with Crippen molar-refractivity contribution in [3.63, 3.8) is 0 Å². The summed E-state index contributed by atoms with van der Waals surface area (Å²) in [6.45, 7) is 3.65. The first kappa shape index (κ1) is 56700. The number of carbonyl (C=O) groups excluding carboxylic acids is 1. The van der Waals surface area contributed by atoms with Gasteiger partial charge in [0.1, 0.15) is 0 Å². The first-order chi connectivity index (χ1) is 2.77. The fourth-order valence-electron chi connectivity index (χ4n) is 0.203. The van der Waals surface area contributed by atoms with Gasteiger partial charge in [0.25, 0.3) is 0 Å². The summed E-state index contributed by atoms with van der Waals surface area (Å²) in [7, 11) is 0. The predicted octanol–water partition coefficient (Wildman–Crippen LogP) is -48.9. The Bertz CT molecular complexity index is 65.8. The van der Waals surface area contributed by atoms with Gasteiger partial charge >= 0.3 is 5.97 Å². The smallest absolute Gasteiger partial charge is 0.302 e. The standard InChI is InChI=1S/C4H8O2.60H2O/c1-3-6-4(2)5;;;;;;;;;;;;;;;;;;;;;;;;;;;;;;;;;;;;;;;;;;;;;;;;;;;;;;;;;;;;/h3H2,1-2H3;60*1H2. The van der Waals surface area contributed by atoms with Gasteiger partial charge in [-0.25, -0.2) is 0 Å². The van der Waals surface area contributed by atoms with Crippen LogP contribution in [0.4, 0.5) is 0 Å². The summed E-state index contributed by atoms with van der Waals surface area (Å²) >= 11 is 0. The second-order valence-electron chi connectivity index (χ2n) is 0.925. The molecular weight excluding hydrogens is 1040 g/mol. The monoisotopic (exact) mass is 1170 g/mol. The number of esters is 1. The molecule has 0 heterocycles. The molecule has 0 spiro atoms. The van der Waals surface area contributed by atoms with Crippen molar-refractivity contribution >= 4 is 5.97 Å². The van der Waals surface area contributed by atoms with Gasteiger partial charge in [-0.2, -0.15) is 0 Å². The molecule has 0 aliphatic carbocycles. The van der Waals surface area contributed by atoms with Crippen molar-refractivity contribution in [1.82, 2.24) is 0 Å². The van der Waals surface area contributed by atoms with E-state index in [0.29, 0.717) is 6.61 Å². The van der Waals surface area contributed by atoms with Crippen molar-refractivity contribution in [2.24, 2.45) is 0 Å². The highest BCUT2D eigenvalue weighted by Gasteiger charge is 1.81. The van der Waals surface area contributed by atoms with Gasteiger partial charge in [0.05, 0.1) is 6.61 Å². The van der Waals surface area contributed by atoms with Gasteiger partial charge in [0.15, 0.2) is 0 Å². The zero-order chi connectivity index (χ0) is 4.99. The van der Waals surface area contributed by atoms with Gasteiger partial charge in [-0.15, -0.1) is 0 Å². The third-order valence-electron chi connectivity index (χ3n) is 0.348. The third kappa shape index (κ3) is 45000000. The summed E-state index contributed by atoms with van der Waals surface area (Å²) in [4.78, 5) is 9.82. The largest absolute Gasteiger partial charge is 0.466 e. The normalized spacial score (nSPS) is 0.697. The van der Waals surface area contributed by atoms with Crippen molar-refractivity contribution in [2.45, 2.75) is 13.8 Å². The van der Waals surface area contributed by atoms with Crippen LogP contribution >= 0.6 is 0 Å². The van der Waals surface area contributed by atoms with Crippen LogP contribution in [0.15, 0.2) is 0 Å². The van der Waals surface area contributed by atoms with Crippen LogP contribution in [0, 0.1) is 0 Å². The molecule has 0 unspecified atom stereocenters. The van der Waals surface area contributed by atoms with E-state index in [1.165, 1.54) is 6.92 Å².